The van der Waals surface area contributed by atoms with E-state index >= 15 is 0 Å². The van der Waals surface area contributed by atoms with Crippen LogP contribution in [0.15, 0.2) is 29.2 Å². The molecule has 3 aromatic heterocycles. The molecule has 0 saturated heterocycles. The predicted octanol–water partition coefficient (Wildman–Crippen LogP) is 2.55. The number of halogens is 3. The Labute approximate surface area is 211 Å². The Hall–Kier alpha value is -4.25. The summed E-state index contributed by atoms with van der Waals surface area (Å²) in [6, 6.07) is 2.69. The molecule has 3 aromatic rings. The van der Waals surface area contributed by atoms with E-state index in [0.717, 1.165) is 53.1 Å². The van der Waals surface area contributed by atoms with Crippen molar-refractivity contribution in [2.75, 3.05) is 19.5 Å². The first kappa shape index (κ1) is 25.8. The Balaban J connectivity index is 1.79. The summed E-state index contributed by atoms with van der Waals surface area (Å²) in [5.74, 6) is 4.76. The molecule has 4 rings (SSSR count). The number of rotatable bonds is 6. The van der Waals surface area contributed by atoms with Crippen LogP contribution < -0.4 is 20.9 Å². The number of nitrogens with one attached hydrogen (secondary N) is 2. The fraction of sp³-hybridized carbons (Fsp3) is 0.304. The van der Waals surface area contributed by atoms with Gasteiger partial charge in [0.2, 0.25) is 11.0 Å². The number of pyridine rings is 2. The number of nitrogens with zero attached hydrogens (tertiary/aromatic N) is 4. The molecule has 0 aliphatic heterocycles. The van der Waals surface area contributed by atoms with Gasteiger partial charge in [-0.1, -0.05) is 17.3 Å². The lowest BCUT2D eigenvalue weighted by Crippen LogP contribution is -2.31. The summed E-state index contributed by atoms with van der Waals surface area (Å²) in [5.41, 5.74) is -2.79. The van der Waals surface area contributed by atoms with Gasteiger partial charge in [-0.05, 0) is 30.9 Å². The third-order valence-electron chi connectivity index (χ3n) is 5.19. The van der Waals surface area contributed by atoms with Crippen LogP contribution in [-0.4, -0.2) is 45.7 Å². The zero-order valence-corrected chi connectivity index (χ0v) is 20.3. The first-order valence-corrected chi connectivity index (χ1v) is 11.6. The number of alkyl halides is 3. The standard InChI is InChI=1S/C23H19F3N6O4S/c1-27-17(33)11-32-10-14(20-15(36-2)6-7-16(28-20)23(24,25)26)13(9-19(32)34)21(35)29-22-31-30-18(37-22)8-5-12-3-4-12/h6-7,9-10,12H,3-4,11H2,1-2H3,(H,27,33)(H,29,31,35). The van der Waals surface area contributed by atoms with Crippen LogP contribution in [0.1, 0.15) is 33.9 Å². The molecule has 1 saturated carbocycles. The Kier molecular flexibility index (Phi) is 7.25. The van der Waals surface area contributed by atoms with Gasteiger partial charge in [-0.3, -0.25) is 19.7 Å². The van der Waals surface area contributed by atoms with E-state index < -0.39 is 35.8 Å². The first-order chi connectivity index (χ1) is 17.6. The van der Waals surface area contributed by atoms with Gasteiger partial charge < -0.3 is 14.6 Å². The van der Waals surface area contributed by atoms with Crippen LogP contribution in [0.25, 0.3) is 11.3 Å². The highest BCUT2D eigenvalue weighted by Gasteiger charge is 2.34. The lowest BCUT2D eigenvalue weighted by atomic mass is 10.0. The zero-order chi connectivity index (χ0) is 26.7. The van der Waals surface area contributed by atoms with Crippen molar-refractivity contribution in [1.29, 1.82) is 0 Å². The number of carbonyl (C=O) groups excluding carboxylic acids is 2. The van der Waals surface area contributed by atoms with Crippen LogP contribution in [0.3, 0.4) is 0 Å². The van der Waals surface area contributed by atoms with E-state index in [1.165, 1.54) is 14.2 Å². The molecule has 2 N–H and O–H groups in total. The van der Waals surface area contributed by atoms with Gasteiger partial charge in [0, 0.05) is 30.8 Å². The molecule has 0 bridgehead atoms. The summed E-state index contributed by atoms with van der Waals surface area (Å²) in [6.45, 7) is -0.440. The fourth-order valence-corrected chi connectivity index (χ4v) is 3.75. The number of methoxy groups -OCH3 is 1. The van der Waals surface area contributed by atoms with E-state index in [9.17, 15) is 27.6 Å². The van der Waals surface area contributed by atoms with E-state index in [-0.39, 0.29) is 27.7 Å². The minimum Gasteiger partial charge on any atom is -0.494 e. The average Bonchev–Trinajstić information content (AvgIpc) is 3.60. The molecule has 1 fully saturated rings. The van der Waals surface area contributed by atoms with Crippen molar-refractivity contribution in [3.8, 4) is 28.8 Å². The molecule has 0 radical (unpaired) electrons. The van der Waals surface area contributed by atoms with E-state index in [4.69, 9.17) is 4.74 Å². The summed E-state index contributed by atoms with van der Waals surface area (Å²) >= 11 is 1.01. The molecular weight excluding hydrogens is 513 g/mol. The molecule has 0 atom stereocenters. The SMILES string of the molecule is CNC(=O)Cn1cc(-c2nc(C(F)(F)F)ccc2OC)c(C(=O)Nc2nnc(C#CC3CC3)s2)cc1=O. The Morgan fingerprint density at radius 3 is 2.68 bits per heavy atom. The maximum absolute atomic E-state index is 13.4. The molecule has 1 aliphatic carbocycles. The first-order valence-electron chi connectivity index (χ1n) is 10.8. The summed E-state index contributed by atoms with van der Waals surface area (Å²) in [7, 11) is 2.58. The van der Waals surface area contributed by atoms with Gasteiger partial charge in [-0.15, -0.1) is 10.2 Å². The molecular formula is C23H19F3N6O4S. The Morgan fingerprint density at radius 1 is 1.27 bits per heavy atom. The van der Waals surface area contributed by atoms with E-state index in [2.05, 4.69) is 37.7 Å². The molecule has 192 valence electrons. The van der Waals surface area contributed by atoms with Crippen molar-refractivity contribution >= 4 is 28.3 Å². The van der Waals surface area contributed by atoms with Gasteiger partial charge in [-0.2, -0.15) is 13.2 Å². The van der Waals surface area contributed by atoms with Gasteiger partial charge in [0.1, 0.15) is 23.7 Å². The molecule has 2 amide bonds. The second-order valence-corrected chi connectivity index (χ2v) is 8.87. The molecule has 1 aliphatic rings. The number of likely N-dealkylation sites (N-methyl/N-ethyl adjacent to an activating group) is 1. The van der Waals surface area contributed by atoms with E-state index in [0.29, 0.717) is 10.9 Å². The van der Waals surface area contributed by atoms with Gasteiger partial charge in [-0.25, -0.2) is 4.98 Å². The lowest BCUT2D eigenvalue weighted by molar-refractivity contribution is -0.141. The van der Waals surface area contributed by atoms with Crippen molar-refractivity contribution in [2.24, 2.45) is 5.92 Å². The summed E-state index contributed by atoms with van der Waals surface area (Å²) < 4.78 is 46.4. The fourth-order valence-electron chi connectivity index (χ4n) is 3.15. The molecule has 0 spiro atoms. The summed E-state index contributed by atoms with van der Waals surface area (Å²) in [4.78, 5) is 41.4. The van der Waals surface area contributed by atoms with Crippen LogP contribution in [0, 0.1) is 17.8 Å². The number of hydrogen-bond donors (Lipinski definition) is 2. The number of aromatic nitrogens is 4. The Bertz CT molecular complexity index is 1480. The topological polar surface area (TPSA) is 128 Å². The predicted molar refractivity (Wildman–Crippen MR) is 127 cm³/mol. The van der Waals surface area contributed by atoms with E-state index in [1.807, 2.05) is 0 Å². The highest BCUT2D eigenvalue weighted by atomic mass is 32.1. The maximum Gasteiger partial charge on any atom is 0.433 e. The highest BCUT2D eigenvalue weighted by Crippen LogP contribution is 2.35. The van der Waals surface area contributed by atoms with Crippen molar-refractivity contribution in [3.63, 3.8) is 0 Å². The number of ether oxygens (including phenoxy) is 1. The lowest BCUT2D eigenvalue weighted by Gasteiger charge is -2.16. The molecule has 0 aromatic carbocycles. The number of amides is 2. The highest BCUT2D eigenvalue weighted by molar-refractivity contribution is 7.15. The number of hydrogen-bond acceptors (Lipinski definition) is 8. The van der Waals surface area contributed by atoms with Crippen molar-refractivity contribution in [3.05, 3.63) is 51.0 Å². The van der Waals surface area contributed by atoms with Gasteiger partial charge in [0.15, 0.2) is 5.01 Å². The molecule has 37 heavy (non-hydrogen) atoms. The van der Waals surface area contributed by atoms with Crippen molar-refractivity contribution in [1.82, 2.24) is 25.1 Å². The van der Waals surface area contributed by atoms with Crippen LogP contribution in [0.5, 0.6) is 5.75 Å². The van der Waals surface area contributed by atoms with Crippen LogP contribution >= 0.6 is 11.3 Å². The zero-order valence-electron chi connectivity index (χ0n) is 19.5. The molecule has 0 unspecified atom stereocenters. The molecule has 14 heteroatoms. The van der Waals surface area contributed by atoms with Crippen LogP contribution in [0.2, 0.25) is 0 Å². The third-order valence-corrected chi connectivity index (χ3v) is 5.95. The minimum atomic E-state index is -4.79. The normalized spacial score (nSPS) is 12.9. The maximum atomic E-state index is 13.4. The van der Waals surface area contributed by atoms with Gasteiger partial charge >= 0.3 is 6.18 Å². The second-order valence-electron chi connectivity index (χ2n) is 7.90. The monoisotopic (exact) mass is 532 g/mol. The summed E-state index contributed by atoms with van der Waals surface area (Å²) in [5, 5.41) is 13.1. The Morgan fingerprint density at radius 2 is 2.03 bits per heavy atom. The van der Waals surface area contributed by atoms with Crippen LogP contribution in [0.4, 0.5) is 18.3 Å². The smallest absolute Gasteiger partial charge is 0.433 e. The van der Waals surface area contributed by atoms with Crippen LogP contribution in [-0.2, 0) is 17.5 Å². The van der Waals surface area contributed by atoms with Gasteiger partial charge in [0.05, 0.1) is 12.7 Å². The van der Waals surface area contributed by atoms with E-state index in [1.54, 1.807) is 0 Å². The quantitative estimate of drug-likeness (QED) is 0.467. The van der Waals surface area contributed by atoms with Crippen molar-refractivity contribution in [2.45, 2.75) is 25.6 Å². The van der Waals surface area contributed by atoms with Crippen molar-refractivity contribution < 1.29 is 27.5 Å². The minimum absolute atomic E-state index is 0.0783. The third kappa shape index (κ3) is 6.12. The molecule has 3 heterocycles. The number of carbonyl (C=O) groups is 2. The summed E-state index contributed by atoms with van der Waals surface area (Å²) in [6.07, 6.45) is -1.65. The second kappa shape index (κ2) is 10.4. The average molecular weight is 533 g/mol. The molecule has 10 nitrogen and oxygen atoms in total. The van der Waals surface area contributed by atoms with Gasteiger partial charge in [0.25, 0.3) is 11.5 Å². The largest absolute Gasteiger partial charge is 0.494 e. The number of anilines is 1.